The zero-order chi connectivity index (χ0) is 12.7. The third-order valence-electron chi connectivity index (χ3n) is 4.53. The third-order valence-corrected chi connectivity index (χ3v) is 6.24. The second-order valence-electron chi connectivity index (χ2n) is 5.84. The fourth-order valence-corrected chi connectivity index (χ4v) is 5.12. The highest BCUT2D eigenvalue weighted by molar-refractivity contribution is 7.91. The summed E-state index contributed by atoms with van der Waals surface area (Å²) in [7, 11) is -0.954. The van der Waals surface area contributed by atoms with Crippen molar-refractivity contribution in [1.29, 1.82) is 0 Å². The summed E-state index contributed by atoms with van der Waals surface area (Å²) in [5.41, 5.74) is 5.64. The van der Waals surface area contributed by atoms with Gasteiger partial charge in [0.2, 0.25) is 0 Å². The van der Waals surface area contributed by atoms with E-state index < -0.39 is 9.84 Å². The minimum atomic E-state index is -3.00. The Hall–Kier alpha value is -0.130. The van der Waals surface area contributed by atoms with E-state index in [1.807, 2.05) is 0 Å². The molecule has 2 atom stereocenters. The van der Waals surface area contributed by atoms with E-state index in [4.69, 9.17) is 5.73 Å². The van der Waals surface area contributed by atoms with Crippen molar-refractivity contribution in [3.05, 3.63) is 0 Å². The molecule has 0 aromatic heterocycles. The Bertz CT molecular complexity index is 378. The monoisotopic (exact) mass is 260 g/mol. The van der Waals surface area contributed by atoms with E-state index in [1.165, 1.54) is 19.1 Å². The summed E-state index contributed by atoms with van der Waals surface area (Å²) in [5.74, 6) is 0.768. The molecule has 100 valence electrons. The van der Waals surface area contributed by atoms with Gasteiger partial charge in [0.25, 0.3) is 0 Å². The lowest BCUT2D eigenvalue weighted by atomic mass is 9.95. The van der Waals surface area contributed by atoms with Gasteiger partial charge in [-0.3, -0.25) is 4.90 Å². The van der Waals surface area contributed by atoms with Crippen LogP contribution in [0.1, 0.15) is 32.1 Å². The minimum Gasteiger partial charge on any atom is -0.329 e. The molecule has 2 aliphatic carbocycles. The largest absolute Gasteiger partial charge is 0.329 e. The molecule has 0 aliphatic heterocycles. The van der Waals surface area contributed by atoms with Crippen LogP contribution < -0.4 is 5.73 Å². The van der Waals surface area contributed by atoms with Crippen LogP contribution >= 0.6 is 0 Å². The van der Waals surface area contributed by atoms with Gasteiger partial charge in [-0.1, -0.05) is 6.42 Å². The van der Waals surface area contributed by atoms with Crippen molar-refractivity contribution in [2.24, 2.45) is 11.7 Å². The fourth-order valence-electron chi connectivity index (χ4n) is 3.33. The molecule has 2 saturated carbocycles. The predicted octanol–water partition coefficient (Wildman–Crippen LogP) is 0.623. The first-order valence-corrected chi connectivity index (χ1v) is 8.46. The second-order valence-corrected chi connectivity index (χ2v) is 8.07. The summed E-state index contributed by atoms with van der Waals surface area (Å²) in [4.78, 5) is 2.24. The molecule has 0 aromatic carbocycles. The van der Waals surface area contributed by atoms with E-state index in [1.54, 1.807) is 0 Å². The molecule has 0 radical (unpaired) electrons. The van der Waals surface area contributed by atoms with Gasteiger partial charge in [-0.05, 0) is 38.6 Å². The van der Waals surface area contributed by atoms with Gasteiger partial charge in [-0.25, -0.2) is 8.42 Å². The maximum absolute atomic E-state index is 11.9. The molecular formula is C12H24N2O2S. The van der Waals surface area contributed by atoms with E-state index in [0.717, 1.165) is 31.7 Å². The zero-order valence-electron chi connectivity index (χ0n) is 10.9. The number of rotatable bonds is 5. The van der Waals surface area contributed by atoms with Crippen molar-refractivity contribution >= 4 is 9.84 Å². The molecule has 0 spiro atoms. The van der Waals surface area contributed by atoms with Gasteiger partial charge < -0.3 is 5.73 Å². The number of nitrogens with two attached hydrogens (primary N) is 1. The molecule has 4 nitrogen and oxygen atoms in total. The van der Waals surface area contributed by atoms with Crippen LogP contribution in [-0.4, -0.2) is 50.5 Å². The molecule has 2 fully saturated rings. The summed E-state index contributed by atoms with van der Waals surface area (Å²) < 4.78 is 23.9. The van der Waals surface area contributed by atoms with Crippen LogP contribution in [0.4, 0.5) is 0 Å². The molecule has 0 amide bonds. The lowest BCUT2D eigenvalue weighted by Gasteiger charge is -2.42. The SMILES string of the molecule is CN(CC1CC1)C1(CN)CCCC1S(C)(=O)=O. The standard InChI is InChI=1S/C12H24N2O2S/c1-14(8-10-5-6-10)12(9-13)7-3-4-11(12)17(2,15)16/h10-11H,3-9,13H2,1-2H3. The van der Waals surface area contributed by atoms with E-state index in [-0.39, 0.29) is 10.8 Å². The van der Waals surface area contributed by atoms with Crippen LogP contribution in [0.5, 0.6) is 0 Å². The Morgan fingerprint density at radius 1 is 1.35 bits per heavy atom. The van der Waals surface area contributed by atoms with Crippen LogP contribution in [-0.2, 0) is 9.84 Å². The minimum absolute atomic E-state index is 0.274. The Labute approximate surface area is 104 Å². The summed E-state index contributed by atoms with van der Waals surface area (Å²) in [6.45, 7) is 1.46. The molecule has 2 N–H and O–H groups in total. The Morgan fingerprint density at radius 3 is 2.47 bits per heavy atom. The van der Waals surface area contributed by atoms with E-state index in [9.17, 15) is 8.42 Å². The maximum Gasteiger partial charge on any atom is 0.152 e. The molecular weight excluding hydrogens is 236 g/mol. The highest BCUT2D eigenvalue weighted by atomic mass is 32.2. The number of likely N-dealkylation sites (N-methyl/N-ethyl adjacent to an activating group) is 1. The van der Waals surface area contributed by atoms with Crippen LogP contribution in [0.2, 0.25) is 0 Å². The first kappa shape index (κ1) is 13.3. The molecule has 5 heteroatoms. The number of nitrogens with zero attached hydrogens (tertiary/aromatic N) is 1. The van der Waals surface area contributed by atoms with Gasteiger partial charge in [0.05, 0.1) is 5.25 Å². The van der Waals surface area contributed by atoms with Gasteiger partial charge in [-0.2, -0.15) is 0 Å². The van der Waals surface area contributed by atoms with Crippen LogP contribution in [0.3, 0.4) is 0 Å². The van der Waals surface area contributed by atoms with E-state index in [0.29, 0.717) is 6.54 Å². The predicted molar refractivity (Wildman–Crippen MR) is 69.6 cm³/mol. The molecule has 0 aromatic rings. The number of hydrogen-bond donors (Lipinski definition) is 1. The number of sulfone groups is 1. The smallest absolute Gasteiger partial charge is 0.152 e. The highest BCUT2D eigenvalue weighted by Crippen LogP contribution is 2.40. The lowest BCUT2D eigenvalue weighted by molar-refractivity contribution is 0.128. The quantitative estimate of drug-likeness (QED) is 0.787. The topological polar surface area (TPSA) is 63.4 Å². The first-order valence-electron chi connectivity index (χ1n) is 6.50. The van der Waals surface area contributed by atoms with Crippen LogP contribution in [0, 0.1) is 5.92 Å². The molecule has 0 bridgehead atoms. The lowest BCUT2D eigenvalue weighted by Crippen LogP contribution is -2.59. The molecule has 0 heterocycles. The van der Waals surface area contributed by atoms with Crippen molar-refractivity contribution in [2.45, 2.75) is 42.9 Å². The molecule has 2 aliphatic rings. The molecule has 0 saturated heterocycles. The average Bonchev–Trinajstić information content (AvgIpc) is 2.93. The van der Waals surface area contributed by atoms with Gasteiger partial charge in [0.1, 0.15) is 0 Å². The van der Waals surface area contributed by atoms with E-state index in [2.05, 4.69) is 11.9 Å². The van der Waals surface area contributed by atoms with Crippen molar-refractivity contribution in [3.63, 3.8) is 0 Å². The zero-order valence-corrected chi connectivity index (χ0v) is 11.7. The van der Waals surface area contributed by atoms with E-state index >= 15 is 0 Å². The van der Waals surface area contributed by atoms with Crippen LogP contribution in [0.15, 0.2) is 0 Å². The maximum atomic E-state index is 11.9. The van der Waals surface area contributed by atoms with Crippen molar-refractivity contribution in [3.8, 4) is 0 Å². The third kappa shape index (κ3) is 2.51. The van der Waals surface area contributed by atoms with Gasteiger partial charge in [0.15, 0.2) is 9.84 Å². The fraction of sp³-hybridized carbons (Fsp3) is 1.00. The summed E-state index contributed by atoms with van der Waals surface area (Å²) in [5, 5.41) is -0.274. The molecule has 2 rings (SSSR count). The van der Waals surface area contributed by atoms with Crippen molar-refractivity contribution in [2.75, 3.05) is 26.4 Å². The van der Waals surface area contributed by atoms with Crippen molar-refractivity contribution < 1.29 is 8.42 Å². The van der Waals surface area contributed by atoms with Crippen LogP contribution in [0.25, 0.3) is 0 Å². The Morgan fingerprint density at radius 2 is 2.00 bits per heavy atom. The van der Waals surface area contributed by atoms with Crippen molar-refractivity contribution in [1.82, 2.24) is 4.90 Å². The average molecular weight is 260 g/mol. The summed E-state index contributed by atoms with van der Waals surface area (Å²) in [6, 6.07) is 0. The Kier molecular flexibility index (Phi) is 3.54. The normalized spacial score (nSPS) is 34.5. The van der Waals surface area contributed by atoms with Gasteiger partial charge in [0, 0.05) is 24.9 Å². The van der Waals surface area contributed by atoms with Gasteiger partial charge in [-0.15, -0.1) is 0 Å². The second kappa shape index (κ2) is 4.52. The van der Waals surface area contributed by atoms with Gasteiger partial charge >= 0.3 is 0 Å². The Balaban J connectivity index is 2.21. The molecule has 17 heavy (non-hydrogen) atoms. The summed E-state index contributed by atoms with van der Waals surface area (Å²) >= 11 is 0. The summed E-state index contributed by atoms with van der Waals surface area (Å²) in [6.07, 6.45) is 6.60. The molecule has 2 unspecified atom stereocenters. The highest BCUT2D eigenvalue weighted by Gasteiger charge is 2.50. The number of hydrogen-bond acceptors (Lipinski definition) is 4. The first-order chi connectivity index (χ1) is 7.90.